The van der Waals surface area contributed by atoms with E-state index < -0.39 is 10.0 Å². The Balaban J connectivity index is 2.59. The van der Waals surface area contributed by atoms with E-state index in [4.69, 9.17) is 0 Å². The van der Waals surface area contributed by atoms with E-state index in [9.17, 15) is 13.6 Å². The van der Waals surface area contributed by atoms with Gasteiger partial charge in [-0.1, -0.05) is 0 Å². The van der Waals surface area contributed by atoms with E-state index >= 15 is 0 Å². The predicted octanol–water partition coefficient (Wildman–Crippen LogP) is -0.0927. The predicted molar refractivity (Wildman–Crippen MR) is 52.3 cm³/mol. The van der Waals surface area contributed by atoms with Crippen LogP contribution in [0.2, 0.25) is 0 Å². The minimum atomic E-state index is -3.56. The second-order valence-corrected chi connectivity index (χ2v) is 5.34. The zero-order valence-electron chi connectivity index (χ0n) is 8.39. The first-order valence-corrected chi connectivity index (χ1v) is 6.28. The normalized spacial score (nSPS) is 16.3. The summed E-state index contributed by atoms with van der Waals surface area (Å²) in [5.41, 5.74) is 1.27. The Morgan fingerprint density at radius 2 is 2.07 bits per heavy atom. The number of rotatable bonds is 2. The SMILES string of the molecule is CNS(=O)(=O)c1nn(O)c2c1CCCC2. The lowest BCUT2D eigenvalue weighted by atomic mass is 9.98. The third-order valence-corrected chi connectivity index (χ3v) is 4.02. The number of aromatic nitrogens is 2. The van der Waals surface area contributed by atoms with Crippen LogP contribution in [0.4, 0.5) is 0 Å². The number of sulfonamides is 1. The molecule has 0 fully saturated rings. The highest BCUT2D eigenvalue weighted by molar-refractivity contribution is 7.89. The van der Waals surface area contributed by atoms with E-state index in [1.54, 1.807) is 0 Å². The molecule has 0 spiro atoms. The van der Waals surface area contributed by atoms with Crippen LogP contribution in [0.5, 0.6) is 0 Å². The number of hydrogen-bond donors (Lipinski definition) is 2. The minimum absolute atomic E-state index is 0.0396. The summed E-state index contributed by atoms with van der Waals surface area (Å²) < 4.78 is 25.4. The van der Waals surface area contributed by atoms with E-state index in [0.29, 0.717) is 28.9 Å². The molecule has 0 saturated heterocycles. The highest BCUT2D eigenvalue weighted by Crippen LogP contribution is 2.26. The Labute approximate surface area is 87.9 Å². The molecule has 84 valence electrons. The van der Waals surface area contributed by atoms with Gasteiger partial charge < -0.3 is 5.21 Å². The molecule has 15 heavy (non-hydrogen) atoms. The lowest BCUT2D eigenvalue weighted by Gasteiger charge is -2.11. The van der Waals surface area contributed by atoms with Gasteiger partial charge in [0.25, 0.3) is 10.0 Å². The van der Waals surface area contributed by atoms with Crippen molar-refractivity contribution >= 4 is 10.0 Å². The molecule has 0 atom stereocenters. The molecule has 0 saturated carbocycles. The highest BCUT2D eigenvalue weighted by Gasteiger charge is 2.27. The van der Waals surface area contributed by atoms with Crippen molar-refractivity contribution in [3.8, 4) is 0 Å². The van der Waals surface area contributed by atoms with Crippen LogP contribution in [-0.4, -0.2) is 30.6 Å². The summed E-state index contributed by atoms with van der Waals surface area (Å²) in [5.74, 6) is 0. The van der Waals surface area contributed by atoms with Crippen molar-refractivity contribution < 1.29 is 13.6 Å². The monoisotopic (exact) mass is 231 g/mol. The maximum atomic E-state index is 11.6. The van der Waals surface area contributed by atoms with Crippen molar-refractivity contribution in [1.29, 1.82) is 0 Å². The molecular weight excluding hydrogens is 218 g/mol. The molecule has 0 radical (unpaired) electrons. The Bertz CT molecular complexity index is 478. The van der Waals surface area contributed by atoms with Crippen LogP contribution < -0.4 is 4.72 Å². The second-order valence-electron chi connectivity index (χ2n) is 3.53. The molecule has 0 aromatic carbocycles. The van der Waals surface area contributed by atoms with E-state index in [1.165, 1.54) is 7.05 Å². The standard InChI is InChI=1S/C8H13N3O3S/c1-9-15(13,14)8-6-4-2-3-5-7(6)11(12)10-8/h9,12H,2-5H2,1H3. The third-order valence-electron chi connectivity index (χ3n) is 2.65. The van der Waals surface area contributed by atoms with Crippen LogP contribution in [-0.2, 0) is 22.9 Å². The van der Waals surface area contributed by atoms with Crippen molar-refractivity contribution in [2.45, 2.75) is 30.7 Å². The zero-order chi connectivity index (χ0) is 11.1. The molecule has 1 aromatic rings. The van der Waals surface area contributed by atoms with Crippen LogP contribution in [0.3, 0.4) is 0 Å². The van der Waals surface area contributed by atoms with Crippen molar-refractivity contribution in [3.05, 3.63) is 11.3 Å². The van der Waals surface area contributed by atoms with Gasteiger partial charge in [0.15, 0.2) is 5.03 Å². The third kappa shape index (κ3) is 1.61. The quantitative estimate of drug-likeness (QED) is 0.696. The summed E-state index contributed by atoms with van der Waals surface area (Å²) in [6.07, 6.45) is 3.23. The smallest absolute Gasteiger partial charge is 0.260 e. The lowest BCUT2D eigenvalue weighted by Crippen LogP contribution is -2.21. The molecule has 0 bridgehead atoms. The van der Waals surface area contributed by atoms with Gasteiger partial charge in [0.05, 0.1) is 5.69 Å². The molecule has 0 amide bonds. The molecule has 1 heterocycles. The van der Waals surface area contributed by atoms with Gasteiger partial charge in [-0.25, -0.2) is 13.1 Å². The van der Waals surface area contributed by atoms with Crippen molar-refractivity contribution in [2.75, 3.05) is 7.05 Å². The Morgan fingerprint density at radius 3 is 2.73 bits per heavy atom. The molecule has 2 N–H and O–H groups in total. The molecule has 1 aliphatic carbocycles. The van der Waals surface area contributed by atoms with Crippen molar-refractivity contribution in [1.82, 2.24) is 14.7 Å². The van der Waals surface area contributed by atoms with Crippen LogP contribution in [0, 0.1) is 0 Å². The van der Waals surface area contributed by atoms with Crippen molar-refractivity contribution in [2.24, 2.45) is 0 Å². The van der Waals surface area contributed by atoms with Crippen LogP contribution >= 0.6 is 0 Å². The molecule has 7 heteroatoms. The number of nitrogens with zero attached hydrogens (tertiary/aromatic N) is 2. The number of nitrogens with one attached hydrogen (secondary N) is 1. The van der Waals surface area contributed by atoms with E-state index in [1.807, 2.05) is 0 Å². The van der Waals surface area contributed by atoms with Gasteiger partial charge in [-0.2, -0.15) is 0 Å². The first-order chi connectivity index (χ1) is 7.06. The molecule has 0 aliphatic heterocycles. The van der Waals surface area contributed by atoms with Gasteiger partial charge in [-0.15, -0.1) is 9.94 Å². The van der Waals surface area contributed by atoms with Gasteiger partial charge >= 0.3 is 0 Å². The first-order valence-electron chi connectivity index (χ1n) is 4.80. The van der Waals surface area contributed by atoms with Gasteiger partial charge in [0, 0.05) is 5.56 Å². The maximum Gasteiger partial charge on any atom is 0.260 e. The van der Waals surface area contributed by atoms with Crippen LogP contribution in [0.25, 0.3) is 0 Å². The molecule has 6 nitrogen and oxygen atoms in total. The van der Waals surface area contributed by atoms with Crippen LogP contribution in [0.1, 0.15) is 24.1 Å². The number of hydrogen-bond acceptors (Lipinski definition) is 4. The molecule has 1 aromatic heterocycles. The largest absolute Gasteiger partial charge is 0.411 e. The summed E-state index contributed by atoms with van der Waals surface area (Å²) in [6.45, 7) is 0. The molecular formula is C8H13N3O3S. The lowest BCUT2D eigenvalue weighted by molar-refractivity contribution is 0.135. The fourth-order valence-corrected chi connectivity index (χ4v) is 2.78. The summed E-state index contributed by atoms with van der Waals surface area (Å²) in [5, 5.41) is 13.1. The van der Waals surface area contributed by atoms with E-state index in [-0.39, 0.29) is 5.03 Å². The summed E-state index contributed by atoms with van der Waals surface area (Å²) in [6, 6.07) is 0. The molecule has 1 aliphatic rings. The minimum Gasteiger partial charge on any atom is -0.411 e. The number of fused-ring (bicyclic) bond motifs is 1. The molecule has 2 rings (SSSR count). The highest BCUT2D eigenvalue weighted by atomic mass is 32.2. The summed E-state index contributed by atoms with van der Waals surface area (Å²) in [4.78, 5) is 0.693. The van der Waals surface area contributed by atoms with Crippen molar-refractivity contribution in [3.63, 3.8) is 0 Å². The summed E-state index contributed by atoms with van der Waals surface area (Å²) in [7, 11) is -2.23. The topological polar surface area (TPSA) is 84.2 Å². The average Bonchev–Trinajstić information content (AvgIpc) is 2.58. The Hall–Kier alpha value is -1.08. The Morgan fingerprint density at radius 1 is 1.40 bits per heavy atom. The van der Waals surface area contributed by atoms with Gasteiger partial charge in [0.2, 0.25) is 0 Å². The van der Waals surface area contributed by atoms with Crippen LogP contribution in [0.15, 0.2) is 5.03 Å². The van der Waals surface area contributed by atoms with Gasteiger partial charge in [-0.05, 0) is 32.7 Å². The Kier molecular flexibility index (Phi) is 2.43. The first kappa shape index (κ1) is 10.4. The van der Waals surface area contributed by atoms with Gasteiger partial charge in [-0.3, -0.25) is 0 Å². The van der Waals surface area contributed by atoms with E-state index in [0.717, 1.165) is 12.8 Å². The molecule has 0 unspecified atom stereocenters. The average molecular weight is 231 g/mol. The second kappa shape index (κ2) is 3.49. The van der Waals surface area contributed by atoms with E-state index in [2.05, 4.69) is 9.82 Å². The fraction of sp³-hybridized carbons (Fsp3) is 0.625. The fourth-order valence-electron chi connectivity index (χ4n) is 1.86. The van der Waals surface area contributed by atoms with Gasteiger partial charge in [0.1, 0.15) is 0 Å². The zero-order valence-corrected chi connectivity index (χ0v) is 9.21. The maximum absolute atomic E-state index is 11.6. The summed E-state index contributed by atoms with van der Waals surface area (Å²) >= 11 is 0.